The van der Waals surface area contributed by atoms with Gasteiger partial charge in [0.2, 0.25) is 0 Å². The first-order valence-corrected chi connectivity index (χ1v) is 5.88. The van der Waals surface area contributed by atoms with Gasteiger partial charge in [0.1, 0.15) is 0 Å². The van der Waals surface area contributed by atoms with Crippen LogP contribution in [-0.4, -0.2) is 9.97 Å². The maximum atomic E-state index is 4.22. The van der Waals surface area contributed by atoms with Crippen LogP contribution in [0.3, 0.4) is 0 Å². The van der Waals surface area contributed by atoms with Gasteiger partial charge < -0.3 is 4.98 Å². The Kier molecular flexibility index (Phi) is 2.62. The van der Waals surface area contributed by atoms with Crippen molar-refractivity contribution < 1.29 is 0 Å². The smallest absolute Gasteiger partial charge is 0.0931 e. The first-order chi connectivity index (χ1) is 8.42. The Bertz CT molecular complexity index is 611. The van der Waals surface area contributed by atoms with E-state index in [0.29, 0.717) is 0 Å². The molecule has 0 aliphatic heterocycles. The molecule has 0 unspecified atom stereocenters. The molecule has 0 aliphatic carbocycles. The van der Waals surface area contributed by atoms with Crippen LogP contribution >= 0.6 is 0 Å². The number of imidazole rings is 1. The zero-order chi connectivity index (χ0) is 11.5. The molecule has 0 atom stereocenters. The number of aromatic amines is 1. The fraction of sp³-hybridized carbons (Fsp3) is 0.133. The summed E-state index contributed by atoms with van der Waals surface area (Å²) in [6.07, 6.45) is 3.89. The lowest BCUT2D eigenvalue weighted by Gasteiger charge is -2.02. The van der Waals surface area contributed by atoms with Gasteiger partial charge >= 0.3 is 0 Å². The number of H-pyrrole nitrogens is 1. The van der Waals surface area contributed by atoms with Crippen LogP contribution in [0.1, 0.15) is 11.1 Å². The van der Waals surface area contributed by atoms with Crippen molar-refractivity contribution in [1.29, 1.82) is 0 Å². The lowest BCUT2D eigenvalue weighted by atomic mass is 10.0. The first kappa shape index (κ1) is 10.1. The number of hydrogen-bond donors (Lipinski definition) is 1. The zero-order valence-corrected chi connectivity index (χ0v) is 9.56. The lowest BCUT2D eigenvalue weighted by molar-refractivity contribution is 0.962. The van der Waals surface area contributed by atoms with Gasteiger partial charge in [-0.3, -0.25) is 0 Å². The molecule has 0 amide bonds. The Morgan fingerprint density at radius 2 is 1.71 bits per heavy atom. The van der Waals surface area contributed by atoms with Crippen molar-refractivity contribution in [3.8, 4) is 0 Å². The van der Waals surface area contributed by atoms with Crippen molar-refractivity contribution in [2.45, 2.75) is 12.8 Å². The summed E-state index contributed by atoms with van der Waals surface area (Å²) in [5.74, 6) is 0. The molecule has 0 aliphatic rings. The van der Waals surface area contributed by atoms with E-state index in [2.05, 4.69) is 58.5 Å². The number of nitrogens with one attached hydrogen (secondary N) is 1. The Hall–Kier alpha value is -2.09. The summed E-state index contributed by atoms with van der Waals surface area (Å²) < 4.78 is 0. The third kappa shape index (κ3) is 2.21. The average molecular weight is 222 g/mol. The monoisotopic (exact) mass is 222 g/mol. The van der Waals surface area contributed by atoms with Crippen molar-refractivity contribution in [3.05, 3.63) is 66.0 Å². The zero-order valence-electron chi connectivity index (χ0n) is 9.56. The summed E-state index contributed by atoms with van der Waals surface area (Å²) in [6, 6.07) is 17.0. The van der Waals surface area contributed by atoms with E-state index in [9.17, 15) is 0 Å². The standard InChI is InChI=1S/C15H14N2/c1-2-4-12(5-3-1)6-7-13-8-9-14-15(10-13)17-11-16-14/h1-5,8-11H,6-7H2,(H,16,17). The van der Waals surface area contributed by atoms with E-state index in [0.717, 1.165) is 23.9 Å². The number of aromatic nitrogens is 2. The van der Waals surface area contributed by atoms with Crippen molar-refractivity contribution in [3.63, 3.8) is 0 Å². The first-order valence-electron chi connectivity index (χ1n) is 5.88. The summed E-state index contributed by atoms with van der Waals surface area (Å²) in [6.45, 7) is 0. The van der Waals surface area contributed by atoms with Crippen LogP contribution in [-0.2, 0) is 12.8 Å². The minimum Gasteiger partial charge on any atom is -0.345 e. The van der Waals surface area contributed by atoms with Crippen LogP contribution in [0.2, 0.25) is 0 Å². The van der Waals surface area contributed by atoms with Gasteiger partial charge in [0.25, 0.3) is 0 Å². The molecule has 0 saturated heterocycles. The molecule has 84 valence electrons. The second kappa shape index (κ2) is 4.42. The summed E-state index contributed by atoms with van der Waals surface area (Å²) in [7, 11) is 0. The molecule has 0 saturated carbocycles. The highest BCUT2D eigenvalue weighted by Gasteiger charge is 1.99. The number of rotatable bonds is 3. The van der Waals surface area contributed by atoms with Crippen molar-refractivity contribution in [2.24, 2.45) is 0 Å². The summed E-state index contributed by atoms with van der Waals surface area (Å²) in [4.78, 5) is 7.37. The Balaban J connectivity index is 1.76. The summed E-state index contributed by atoms with van der Waals surface area (Å²) >= 11 is 0. The van der Waals surface area contributed by atoms with E-state index in [-0.39, 0.29) is 0 Å². The number of nitrogens with zero attached hydrogens (tertiary/aromatic N) is 1. The quantitative estimate of drug-likeness (QED) is 0.723. The van der Waals surface area contributed by atoms with E-state index in [1.807, 2.05) is 0 Å². The third-order valence-electron chi connectivity index (χ3n) is 3.03. The molecule has 0 fully saturated rings. The van der Waals surface area contributed by atoms with Crippen molar-refractivity contribution >= 4 is 11.0 Å². The van der Waals surface area contributed by atoms with Gasteiger partial charge in [-0.05, 0) is 36.1 Å². The predicted molar refractivity (Wildman–Crippen MR) is 69.9 cm³/mol. The van der Waals surface area contributed by atoms with Crippen molar-refractivity contribution in [2.75, 3.05) is 0 Å². The highest BCUT2D eigenvalue weighted by Crippen LogP contribution is 2.13. The van der Waals surface area contributed by atoms with Gasteiger partial charge in [-0.25, -0.2) is 4.98 Å². The SMILES string of the molecule is c1ccc(CCc2ccc3nc[nH]c3c2)cc1. The van der Waals surface area contributed by atoms with Gasteiger partial charge in [-0.2, -0.15) is 0 Å². The minimum atomic E-state index is 1.04. The molecule has 1 aromatic heterocycles. The van der Waals surface area contributed by atoms with E-state index in [1.54, 1.807) is 6.33 Å². The fourth-order valence-corrected chi connectivity index (χ4v) is 2.07. The van der Waals surface area contributed by atoms with E-state index < -0.39 is 0 Å². The lowest BCUT2D eigenvalue weighted by Crippen LogP contribution is -1.90. The van der Waals surface area contributed by atoms with Gasteiger partial charge in [0.05, 0.1) is 17.4 Å². The van der Waals surface area contributed by atoms with Crippen molar-refractivity contribution in [1.82, 2.24) is 9.97 Å². The second-order valence-corrected chi connectivity index (χ2v) is 4.24. The Labute approximate surface area is 100 Å². The second-order valence-electron chi connectivity index (χ2n) is 4.24. The average Bonchev–Trinajstić information content (AvgIpc) is 2.85. The molecular weight excluding hydrogens is 208 g/mol. The normalized spacial score (nSPS) is 10.8. The maximum absolute atomic E-state index is 4.22. The fourth-order valence-electron chi connectivity index (χ4n) is 2.07. The molecule has 3 aromatic rings. The molecule has 0 bridgehead atoms. The largest absolute Gasteiger partial charge is 0.345 e. The molecule has 1 N–H and O–H groups in total. The number of hydrogen-bond acceptors (Lipinski definition) is 1. The molecule has 2 aromatic carbocycles. The predicted octanol–water partition coefficient (Wildman–Crippen LogP) is 3.35. The van der Waals surface area contributed by atoms with Crippen LogP contribution in [0.25, 0.3) is 11.0 Å². The highest BCUT2D eigenvalue weighted by molar-refractivity contribution is 5.75. The third-order valence-corrected chi connectivity index (χ3v) is 3.03. The maximum Gasteiger partial charge on any atom is 0.0931 e. The van der Waals surface area contributed by atoms with Crippen LogP contribution in [0.5, 0.6) is 0 Å². The molecular formula is C15H14N2. The van der Waals surface area contributed by atoms with Gasteiger partial charge in [-0.1, -0.05) is 36.4 Å². The highest BCUT2D eigenvalue weighted by atomic mass is 14.9. The van der Waals surface area contributed by atoms with Gasteiger partial charge in [0.15, 0.2) is 0 Å². The van der Waals surface area contributed by atoms with Gasteiger partial charge in [-0.15, -0.1) is 0 Å². The molecule has 2 nitrogen and oxygen atoms in total. The molecule has 1 heterocycles. The summed E-state index contributed by atoms with van der Waals surface area (Å²) in [5.41, 5.74) is 4.90. The van der Waals surface area contributed by atoms with E-state index in [4.69, 9.17) is 0 Å². The summed E-state index contributed by atoms with van der Waals surface area (Å²) in [5, 5.41) is 0. The topological polar surface area (TPSA) is 28.7 Å². The number of aryl methyl sites for hydroxylation is 2. The minimum absolute atomic E-state index is 1.04. The van der Waals surface area contributed by atoms with Crippen LogP contribution in [0, 0.1) is 0 Å². The molecule has 0 spiro atoms. The molecule has 17 heavy (non-hydrogen) atoms. The van der Waals surface area contributed by atoms with Crippen LogP contribution < -0.4 is 0 Å². The Morgan fingerprint density at radius 3 is 2.59 bits per heavy atom. The van der Waals surface area contributed by atoms with Gasteiger partial charge in [0, 0.05) is 0 Å². The molecule has 0 radical (unpaired) electrons. The number of fused-ring (bicyclic) bond motifs is 1. The van der Waals surface area contributed by atoms with Crippen LogP contribution in [0.15, 0.2) is 54.9 Å². The van der Waals surface area contributed by atoms with Crippen LogP contribution in [0.4, 0.5) is 0 Å². The molecule has 3 rings (SSSR count). The van der Waals surface area contributed by atoms with E-state index >= 15 is 0 Å². The molecule has 2 heteroatoms. The van der Waals surface area contributed by atoms with E-state index in [1.165, 1.54) is 11.1 Å². The number of benzene rings is 2. The Morgan fingerprint density at radius 1 is 0.882 bits per heavy atom.